The zero-order valence-electron chi connectivity index (χ0n) is 20.4. The van der Waals surface area contributed by atoms with Crippen LogP contribution in [0.3, 0.4) is 0 Å². The van der Waals surface area contributed by atoms with Crippen LogP contribution in [-0.4, -0.2) is 30.0 Å². The highest BCUT2D eigenvalue weighted by atomic mass is 19.1. The molecule has 1 aromatic heterocycles. The Morgan fingerprint density at radius 3 is 1.81 bits per heavy atom. The average Bonchev–Trinajstić information content (AvgIpc) is 2.92. The van der Waals surface area contributed by atoms with Gasteiger partial charge in [0, 0.05) is 43.0 Å². The number of hydrogen-bond donors (Lipinski definition) is 1. The summed E-state index contributed by atoms with van der Waals surface area (Å²) >= 11 is 0. The third kappa shape index (κ3) is 5.30. The zero-order valence-corrected chi connectivity index (χ0v) is 20.4. The monoisotopic (exact) mass is 494 g/mol. The van der Waals surface area contributed by atoms with E-state index in [9.17, 15) is 13.6 Å². The van der Waals surface area contributed by atoms with Crippen molar-refractivity contribution in [1.29, 1.82) is 0 Å². The van der Waals surface area contributed by atoms with Gasteiger partial charge in [0.15, 0.2) is 0 Å². The molecule has 0 fully saturated rings. The van der Waals surface area contributed by atoms with E-state index in [1.807, 2.05) is 43.3 Å². The number of anilines is 1. The van der Waals surface area contributed by atoms with Gasteiger partial charge < -0.3 is 10.2 Å². The molecule has 5 nitrogen and oxygen atoms in total. The molecule has 0 atom stereocenters. The summed E-state index contributed by atoms with van der Waals surface area (Å²) < 4.78 is 27.1. The van der Waals surface area contributed by atoms with E-state index in [2.05, 4.69) is 5.32 Å². The van der Waals surface area contributed by atoms with Gasteiger partial charge >= 0.3 is 0 Å². The molecule has 1 heterocycles. The van der Waals surface area contributed by atoms with Gasteiger partial charge in [-0.05, 0) is 84.4 Å². The van der Waals surface area contributed by atoms with Gasteiger partial charge in [-0.25, -0.2) is 18.7 Å². The summed E-state index contributed by atoms with van der Waals surface area (Å²) in [5, 5.41) is 2.95. The Labute approximate surface area is 213 Å². The number of amides is 1. The first kappa shape index (κ1) is 24.1. The van der Waals surface area contributed by atoms with Gasteiger partial charge in [0.25, 0.3) is 5.91 Å². The Kier molecular flexibility index (Phi) is 6.60. The Morgan fingerprint density at radius 2 is 1.27 bits per heavy atom. The van der Waals surface area contributed by atoms with Crippen LogP contribution >= 0.6 is 0 Å². The van der Waals surface area contributed by atoms with Gasteiger partial charge in [0.05, 0.1) is 22.4 Å². The summed E-state index contributed by atoms with van der Waals surface area (Å²) in [6.45, 7) is 0.389. The van der Waals surface area contributed by atoms with Gasteiger partial charge in [-0.2, -0.15) is 0 Å². The Hall–Kier alpha value is -4.65. The summed E-state index contributed by atoms with van der Waals surface area (Å²) in [7, 11) is 3.95. The van der Waals surface area contributed by atoms with Gasteiger partial charge in [-0.15, -0.1) is 0 Å². The lowest BCUT2D eigenvalue weighted by molar-refractivity contribution is 0.0951. The second-order valence-electron chi connectivity index (χ2n) is 8.88. The normalized spacial score (nSPS) is 10.9. The smallest absolute Gasteiger partial charge is 0.251 e. The van der Waals surface area contributed by atoms with Gasteiger partial charge in [-0.3, -0.25) is 4.79 Å². The number of nitrogens with zero attached hydrogens (tertiary/aromatic N) is 3. The minimum Gasteiger partial charge on any atom is -0.378 e. The van der Waals surface area contributed by atoms with Crippen LogP contribution in [0.25, 0.3) is 33.5 Å². The number of rotatable bonds is 6. The maximum absolute atomic E-state index is 13.6. The molecule has 0 saturated heterocycles. The second kappa shape index (κ2) is 10.1. The number of benzene rings is 4. The van der Waals surface area contributed by atoms with Crippen molar-refractivity contribution in [2.75, 3.05) is 19.0 Å². The molecule has 37 heavy (non-hydrogen) atoms. The largest absolute Gasteiger partial charge is 0.378 e. The minimum absolute atomic E-state index is 0.230. The molecule has 4 aromatic carbocycles. The van der Waals surface area contributed by atoms with E-state index in [0.717, 1.165) is 11.3 Å². The van der Waals surface area contributed by atoms with Crippen LogP contribution in [0.2, 0.25) is 0 Å². The van der Waals surface area contributed by atoms with Crippen molar-refractivity contribution in [2.24, 2.45) is 0 Å². The molecule has 0 spiro atoms. The minimum atomic E-state index is -0.365. The van der Waals surface area contributed by atoms with Crippen LogP contribution < -0.4 is 10.2 Å². The predicted molar refractivity (Wildman–Crippen MR) is 142 cm³/mol. The maximum Gasteiger partial charge on any atom is 0.251 e. The molecule has 7 heteroatoms. The van der Waals surface area contributed by atoms with E-state index >= 15 is 0 Å². The van der Waals surface area contributed by atoms with E-state index in [1.165, 1.54) is 24.3 Å². The zero-order chi connectivity index (χ0) is 25.9. The van der Waals surface area contributed by atoms with Crippen LogP contribution in [0.4, 0.5) is 14.5 Å². The van der Waals surface area contributed by atoms with Crippen molar-refractivity contribution >= 4 is 22.6 Å². The molecule has 184 valence electrons. The van der Waals surface area contributed by atoms with Crippen molar-refractivity contribution in [3.8, 4) is 22.5 Å². The molecule has 0 saturated carbocycles. The van der Waals surface area contributed by atoms with Gasteiger partial charge in [0.1, 0.15) is 11.6 Å². The molecule has 1 N–H and O–H groups in total. The Balaban J connectivity index is 1.47. The first-order valence-corrected chi connectivity index (χ1v) is 11.8. The molecule has 5 aromatic rings. The summed E-state index contributed by atoms with van der Waals surface area (Å²) in [6.07, 6.45) is 0. The van der Waals surface area contributed by atoms with Gasteiger partial charge in [0.2, 0.25) is 0 Å². The number of carbonyl (C=O) groups is 1. The molecule has 0 bridgehead atoms. The van der Waals surface area contributed by atoms with E-state index in [1.54, 1.807) is 42.5 Å². The lowest BCUT2D eigenvalue weighted by atomic mass is 10.0. The topological polar surface area (TPSA) is 58.1 Å². The maximum atomic E-state index is 13.6. The molecule has 0 unspecified atom stereocenters. The van der Waals surface area contributed by atoms with Crippen molar-refractivity contribution in [3.05, 3.63) is 114 Å². The molecule has 1 amide bonds. The molecule has 0 aliphatic carbocycles. The lowest BCUT2D eigenvalue weighted by Gasteiger charge is -2.13. The summed E-state index contributed by atoms with van der Waals surface area (Å²) in [6, 6.07) is 25.0. The summed E-state index contributed by atoms with van der Waals surface area (Å²) in [4.78, 5) is 24.5. The van der Waals surface area contributed by atoms with Crippen LogP contribution in [0.15, 0.2) is 91.0 Å². The average molecular weight is 495 g/mol. The van der Waals surface area contributed by atoms with Crippen molar-refractivity contribution in [2.45, 2.75) is 6.54 Å². The highest BCUT2D eigenvalue weighted by Gasteiger charge is 2.15. The van der Waals surface area contributed by atoms with Crippen molar-refractivity contribution in [1.82, 2.24) is 15.3 Å². The molecule has 5 rings (SSSR count). The number of hydrogen-bond acceptors (Lipinski definition) is 4. The highest BCUT2D eigenvalue weighted by Crippen LogP contribution is 2.31. The van der Waals surface area contributed by atoms with E-state index in [0.29, 0.717) is 45.7 Å². The Morgan fingerprint density at radius 1 is 0.730 bits per heavy atom. The fourth-order valence-electron chi connectivity index (χ4n) is 4.01. The molecular weight excluding hydrogens is 470 g/mol. The molecule has 0 aliphatic heterocycles. The fraction of sp³-hybridized carbons (Fsp3) is 0.100. The standard InChI is InChI=1S/C30H24F2N4O/c1-36(2)25-14-3-19(4-15-25)18-33-30(37)22-9-16-26-27(17-22)35-29(21-7-12-24(32)13-8-21)28(34-26)20-5-10-23(31)11-6-20/h3-17H,18H2,1-2H3,(H,33,37). The van der Waals surface area contributed by atoms with Crippen LogP contribution in [0.1, 0.15) is 15.9 Å². The first-order valence-electron chi connectivity index (χ1n) is 11.8. The highest BCUT2D eigenvalue weighted by molar-refractivity contribution is 5.98. The van der Waals surface area contributed by atoms with Crippen molar-refractivity contribution in [3.63, 3.8) is 0 Å². The predicted octanol–water partition coefficient (Wildman–Crippen LogP) is 6.24. The quantitative estimate of drug-likeness (QED) is 0.304. The number of carbonyl (C=O) groups excluding carboxylic acids is 1. The first-order chi connectivity index (χ1) is 17.9. The van der Waals surface area contributed by atoms with Gasteiger partial charge in [-0.1, -0.05) is 12.1 Å². The molecule has 0 aliphatic rings. The Bertz CT molecular complexity index is 1570. The number of aromatic nitrogens is 2. The summed E-state index contributed by atoms with van der Waals surface area (Å²) in [5.74, 6) is -0.951. The number of nitrogens with one attached hydrogen (secondary N) is 1. The summed E-state index contributed by atoms with van der Waals surface area (Å²) in [5.41, 5.74) is 6.02. The van der Waals surface area contributed by atoms with Crippen LogP contribution in [0, 0.1) is 11.6 Å². The van der Waals surface area contributed by atoms with E-state index < -0.39 is 0 Å². The third-order valence-electron chi connectivity index (χ3n) is 6.07. The molecular formula is C30H24F2N4O. The fourth-order valence-corrected chi connectivity index (χ4v) is 4.01. The van der Waals surface area contributed by atoms with E-state index in [-0.39, 0.29) is 17.5 Å². The second-order valence-corrected chi connectivity index (χ2v) is 8.88. The SMILES string of the molecule is CN(C)c1ccc(CNC(=O)c2ccc3nc(-c4ccc(F)cc4)c(-c4ccc(F)cc4)nc3c2)cc1. The third-order valence-corrected chi connectivity index (χ3v) is 6.07. The van der Waals surface area contributed by atoms with E-state index in [4.69, 9.17) is 9.97 Å². The van der Waals surface area contributed by atoms with Crippen LogP contribution in [0.5, 0.6) is 0 Å². The molecule has 0 radical (unpaired) electrons. The number of fused-ring (bicyclic) bond motifs is 1. The van der Waals surface area contributed by atoms with Crippen LogP contribution in [-0.2, 0) is 6.54 Å². The number of halogens is 2. The lowest BCUT2D eigenvalue weighted by Crippen LogP contribution is -2.22. The van der Waals surface area contributed by atoms with Crippen molar-refractivity contribution < 1.29 is 13.6 Å².